The molecule has 0 bridgehead atoms. The van der Waals surface area contributed by atoms with Gasteiger partial charge in [-0.15, -0.1) is 0 Å². The van der Waals surface area contributed by atoms with Gasteiger partial charge in [-0.25, -0.2) is 4.79 Å². The zero-order valence-electron chi connectivity index (χ0n) is 21.4. The van der Waals surface area contributed by atoms with E-state index in [1.54, 1.807) is 19.2 Å². The zero-order chi connectivity index (χ0) is 26.6. The van der Waals surface area contributed by atoms with E-state index in [1.807, 2.05) is 73.3 Å². The fourth-order valence-corrected chi connectivity index (χ4v) is 4.81. The van der Waals surface area contributed by atoms with Crippen LogP contribution in [0.3, 0.4) is 0 Å². The minimum absolute atomic E-state index is 0.168. The van der Waals surface area contributed by atoms with Gasteiger partial charge in [0.05, 0.1) is 0 Å². The Morgan fingerprint density at radius 2 is 1.62 bits per heavy atom. The molecule has 0 unspecified atom stereocenters. The van der Waals surface area contributed by atoms with Gasteiger partial charge in [-0.3, -0.25) is 9.59 Å². The predicted octanol–water partition coefficient (Wildman–Crippen LogP) is 3.53. The number of nitrogens with one attached hydrogen (secondary N) is 1. The average molecular weight is 504 g/mol. The first-order chi connectivity index (χ1) is 17.7. The third kappa shape index (κ3) is 5.91. The van der Waals surface area contributed by atoms with E-state index in [1.165, 1.54) is 4.90 Å². The number of hydrogen-bond acceptors (Lipinski definition) is 4. The molecule has 3 aromatic rings. The molecule has 1 atom stereocenters. The molecular weight excluding hydrogens is 470 g/mol. The Morgan fingerprint density at radius 3 is 2.19 bits per heavy atom. The summed E-state index contributed by atoms with van der Waals surface area (Å²) in [5.41, 5.74) is 2.79. The molecule has 1 aliphatic rings. The van der Waals surface area contributed by atoms with Crippen molar-refractivity contribution in [2.24, 2.45) is 0 Å². The summed E-state index contributed by atoms with van der Waals surface area (Å²) in [5, 5.41) is 12.7. The number of benzene rings is 2. The van der Waals surface area contributed by atoms with E-state index in [9.17, 15) is 19.5 Å². The molecule has 1 aliphatic heterocycles. The Labute approximate surface area is 216 Å². The van der Waals surface area contributed by atoms with Gasteiger partial charge in [0.2, 0.25) is 5.91 Å². The number of carboxylic acids is 1. The molecule has 1 aromatic heterocycles. The van der Waals surface area contributed by atoms with E-state index in [0.29, 0.717) is 5.56 Å². The first-order valence-electron chi connectivity index (χ1n) is 12.4. The van der Waals surface area contributed by atoms with E-state index in [2.05, 4.69) is 5.32 Å². The van der Waals surface area contributed by atoms with Crippen LogP contribution in [0.2, 0.25) is 0 Å². The highest BCUT2D eigenvalue weighted by Gasteiger charge is 2.43. The Kier molecular flexibility index (Phi) is 7.78. The van der Waals surface area contributed by atoms with Gasteiger partial charge in [0, 0.05) is 63.2 Å². The van der Waals surface area contributed by atoms with Gasteiger partial charge in [-0.2, -0.15) is 0 Å². The lowest BCUT2D eigenvalue weighted by Crippen LogP contribution is -2.61. The van der Waals surface area contributed by atoms with Gasteiger partial charge in [0.15, 0.2) is 0 Å². The summed E-state index contributed by atoms with van der Waals surface area (Å²) >= 11 is 0. The highest BCUT2D eigenvalue weighted by molar-refractivity contribution is 5.98. The van der Waals surface area contributed by atoms with Crippen LogP contribution in [0.4, 0.5) is 0 Å². The number of ether oxygens (including phenoxy) is 1. The molecule has 8 nitrogen and oxygen atoms in total. The molecule has 0 saturated carbocycles. The first kappa shape index (κ1) is 26.2. The maximum Gasteiger partial charge on any atom is 0.329 e. The highest BCUT2D eigenvalue weighted by atomic mass is 16.5. The van der Waals surface area contributed by atoms with E-state index < -0.39 is 23.5 Å². The topological polar surface area (TPSA) is 101 Å². The third-order valence-electron chi connectivity index (χ3n) is 6.95. The molecule has 8 heteroatoms. The quantitative estimate of drug-likeness (QED) is 0.490. The molecule has 1 saturated heterocycles. The second-order valence-corrected chi connectivity index (χ2v) is 9.76. The number of likely N-dealkylation sites (N-methyl/N-ethyl adjacent to an activating group) is 1. The number of carbonyl (C=O) groups excluding carboxylic acids is 2. The Morgan fingerprint density at radius 1 is 1.03 bits per heavy atom. The number of rotatable bonds is 8. The monoisotopic (exact) mass is 503 g/mol. The number of aliphatic carboxylic acids is 1. The molecule has 1 fully saturated rings. The minimum atomic E-state index is -1.42. The SMILES string of the molecule is Cc1cc(C)cc(C(=O)N(C)[C@@H](Cc2ccc(-n3cccc3)cc2)C(=O)NC2(C(=O)O)CCOCC2)c1. The summed E-state index contributed by atoms with van der Waals surface area (Å²) in [5.74, 6) is -1.89. The van der Waals surface area contributed by atoms with Crippen LogP contribution in [-0.2, 0) is 20.7 Å². The lowest BCUT2D eigenvalue weighted by molar-refractivity contribution is -0.152. The summed E-state index contributed by atoms with van der Waals surface area (Å²) < 4.78 is 7.32. The van der Waals surface area contributed by atoms with Crippen LogP contribution in [0.1, 0.15) is 39.9 Å². The first-order valence-corrected chi connectivity index (χ1v) is 12.4. The Bertz CT molecular complexity index is 1240. The summed E-state index contributed by atoms with van der Waals surface area (Å²) in [6.07, 6.45) is 4.46. The molecule has 2 N–H and O–H groups in total. The van der Waals surface area contributed by atoms with Crippen LogP contribution < -0.4 is 5.32 Å². The van der Waals surface area contributed by atoms with Crippen molar-refractivity contribution in [2.75, 3.05) is 20.3 Å². The van der Waals surface area contributed by atoms with Crippen LogP contribution in [0, 0.1) is 13.8 Å². The lowest BCUT2D eigenvalue weighted by atomic mass is 9.89. The second-order valence-electron chi connectivity index (χ2n) is 9.76. The molecular formula is C29H33N3O5. The predicted molar refractivity (Wildman–Crippen MR) is 140 cm³/mol. The standard InChI is InChI=1S/C29H33N3O5/c1-20-16-21(2)18-23(17-20)27(34)31(3)25(26(33)30-29(28(35)36)10-14-37-15-11-29)19-22-6-8-24(9-7-22)32-12-4-5-13-32/h4-9,12-13,16-18,25H,10-11,14-15,19H2,1-3H3,(H,30,33)(H,35,36)/t25-/m0/s1. The number of hydrogen-bond donors (Lipinski definition) is 2. The van der Waals surface area contributed by atoms with Gasteiger partial charge in [-0.05, 0) is 55.8 Å². The fourth-order valence-electron chi connectivity index (χ4n) is 4.81. The Balaban J connectivity index is 1.63. The zero-order valence-corrected chi connectivity index (χ0v) is 21.4. The van der Waals surface area contributed by atoms with Crippen molar-refractivity contribution in [1.82, 2.24) is 14.8 Å². The average Bonchev–Trinajstić information content (AvgIpc) is 3.42. The third-order valence-corrected chi connectivity index (χ3v) is 6.95. The lowest BCUT2D eigenvalue weighted by Gasteiger charge is -2.36. The maximum absolute atomic E-state index is 13.7. The van der Waals surface area contributed by atoms with Crippen molar-refractivity contribution in [3.8, 4) is 5.69 Å². The number of aromatic nitrogens is 1. The summed E-state index contributed by atoms with van der Waals surface area (Å²) in [6, 6.07) is 16.3. The van der Waals surface area contributed by atoms with Gasteiger partial charge in [0.1, 0.15) is 11.6 Å². The Hall–Kier alpha value is -3.91. The molecule has 4 rings (SSSR count). The van der Waals surface area contributed by atoms with Crippen molar-refractivity contribution in [3.63, 3.8) is 0 Å². The normalized spacial score (nSPS) is 15.5. The highest BCUT2D eigenvalue weighted by Crippen LogP contribution is 2.23. The van der Waals surface area contributed by atoms with Crippen LogP contribution in [0.15, 0.2) is 67.0 Å². The largest absolute Gasteiger partial charge is 0.480 e. The van der Waals surface area contributed by atoms with Crippen molar-refractivity contribution in [2.45, 2.75) is 44.7 Å². The van der Waals surface area contributed by atoms with Crippen molar-refractivity contribution >= 4 is 17.8 Å². The number of aryl methyl sites for hydroxylation is 2. The smallest absolute Gasteiger partial charge is 0.329 e. The molecule has 2 amide bonds. The maximum atomic E-state index is 13.7. The summed E-state index contributed by atoms with van der Waals surface area (Å²) in [7, 11) is 1.59. The second kappa shape index (κ2) is 11.0. The van der Waals surface area contributed by atoms with Crippen LogP contribution in [0.25, 0.3) is 5.69 Å². The molecule has 2 aromatic carbocycles. The number of nitrogens with zero attached hydrogens (tertiary/aromatic N) is 2. The van der Waals surface area contributed by atoms with Crippen molar-refractivity contribution in [3.05, 3.63) is 89.2 Å². The fraction of sp³-hybridized carbons (Fsp3) is 0.345. The van der Waals surface area contributed by atoms with Gasteiger partial charge >= 0.3 is 5.97 Å². The number of carboxylic acid groups (broad SMARTS) is 1. The van der Waals surface area contributed by atoms with Crippen LogP contribution in [-0.4, -0.2) is 64.2 Å². The molecule has 0 aliphatic carbocycles. The van der Waals surface area contributed by atoms with Crippen LogP contribution in [0.5, 0.6) is 0 Å². The number of carbonyl (C=O) groups is 3. The van der Waals surface area contributed by atoms with Crippen LogP contribution >= 0.6 is 0 Å². The summed E-state index contributed by atoms with van der Waals surface area (Å²) in [4.78, 5) is 40.8. The van der Waals surface area contributed by atoms with Gasteiger partial charge < -0.3 is 24.6 Å². The van der Waals surface area contributed by atoms with Crippen molar-refractivity contribution < 1.29 is 24.2 Å². The van der Waals surface area contributed by atoms with E-state index in [0.717, 1.165) is 22.4 Å². The summed E-state index contributed by atoms with van der Waals surface area (Å²) in [6.45, 7) is 4.33. The minimum Gasteiger partial charge on any atom is -0.480 e. The van der Waals surface area contributed by atoms with E-state index in [-0.39, 0.29) is 38.4 Å². The van der Waals surface area contributed by atoms with Crippen molar-refractivity contribution in [1.29, 1.82) is 0 Å². The number of amides is 2. The molecule has 37 heavy (non-hydrogen) atoms. The molecule has 0 spiro atoms. The van der Waals surface area contributed by atoms with Gasteiger partial charge in [0.25, 0.3) is 5.91 Å². The van der Waals surface area contributed by atoms with Gasteiger partial charge in [-0.1, -0.05) is 29.3 Å². The van der Waals surface area contributed by atoms with E-state index >= 15 is 0 Å². The molecule has 2 heterocycles. The molecule has 194 valence electrons. The molecule has 0 radical (unpaired) electrons. The van der Waals surface area contributed by atoms with E-state index in [4.69, 9.17) is 4.74 Å².